The number of aromatic nitrogens is 1. The second-order valence-corrected chi connectivity index (χ2v) is 5.73. The molecular weight excluding hydrogens is 367 g/mol. The number of nitrogens with one attached hydrogen (secondary N) is 1. The SMILES string of the molecule is CC(C)Oc1ncccc1NC(=O)c1cccc(I)c1. The molecule has 2 aromatic rings. The molecule has 0 spiro atoms. The third-order valence-corrected chi connectivity index (χ3v) is 3.12. The summed E-state index contributed by atoms with van der Waals surface area (Å²) < 4.78 is 6.59. The summed E-state index contributed by atoms with van der Waals surface area (Å²) >= 11 is 2.18. The van der Waals surface area contributed by atoms with Gasteiger partial charge in [0.1, 0.15) is 5.69 Å². The fourth-order valence-corrected chi connectivity index (χ4v) is 2.17. The summed E-state index contributed by atoms with van der Waals surface area (Å²) in [7, 11) is 0. The van der Waals surface area contributed by atoms with E-state index < -0.39 is 0 Å². The van der Waals surface area contributed by atoms with Crippen molar-refractivity contribution < 1.29 is 9.53 Å². The average Bonchev–Trinajstić information content (AvgIpc) is 2.40. The van der Waals surface area contributed by atoms with Crippen LogP contribution in [0.5, 0.6) is 5.88 Å². The maximum atomic E-state index is 12.2. The van der Waals surface area contributed by atoms with Crippen LogP contribution in [0, 0.1) is 3.57 Å². The van der Waals surface area contributed by atoms with Gasteiger partial charge < -0.3 is 10.1 Å². The topological polar surface area (TPSA) is 51.2 Å². The summed E-state index contributed by atoms with van der Waals surface area (Å²) in [6.45, 7) is 3.83. The Morgan fingerprint density at radius 2 is 2.10 bits per heavy atom. The number of rotatable bonds is 4. The van der Waals surface area contributed by atoms with Crippen LogP contribution in [0.15, 0.2) is 42.6 Å². The van der Waals surface area contributed by atoms with E-state index in [0.29, 0.717) is 17.1 Å². The van der Waals surface area contributed by atoms with Crippen molar-refractivity contribution in [2.75, 3.05) is 5.32 Å². The van der Waals surface area contributed by atoms with Crippen molar-refractivity contribution in [1.29, 1.82) is 0 Å². The van der Waals surface area contributed by atoms with Crippen molar-refractivity contribution in [3.05, 3.63) is 51.7 Å². The molecule has 0 aliphatic rings. The van der Waals surface area contributed by atoms with Crippen LogP contribution >= 0.6 is 22.6 Å². The predicted octanol–water partition coefficient (Wildman–Crippen LogP) is 3.73. The molecule has 0 saturated heterocycles. The lowest BCUT2D eigenvalue weighted by atomic mass is 10.2. The number of anilines is 1. The second kappa shape index (κ2) is 6.69. The van der Waals surface area contributed by atoms with Crippen molar-refractivity contribution in [3.8, 4) is 5.88 Å². The molecule has 1 N–H and O–H groups in total. The van der Waals surface area contributed by atoms with E-state index in [1.807, 2.05) is 32.0 Å². The summed E-state index contributed by atoms with van der Waals surface area (Å²) in [5.74, 6) is 0.256. The van der Waals surface area contributed by atoms with Crippen molar-refractivity contribution in [3.63, 3.8) is 0 Å². The molecule has 20 heavy (non-hydrogen) atoms. The molecule has 0 saturated carbocycles. The fourth-order valence-electron chi connectivity index (χ4n) is 1.63. The lowest BCUT2D eigenvalue weighted by Crippen LogP contribution is -2.15. The second-order valence-electron chi connectivity index (χ2n) is 4.49. The first-order valence-electron chi connectivity index (χ1n) is 6.25. The Kier molecular flexibility index (Phi) is 4.94. The highest BCUT2D eigenvalue weighted by Gasteiger charge is 2.11. The van der Waals surface area contributed by atoms with Crippen molar-refractivity contribution in [2.45, 2.75) is 20.0 Å². The first-order valence-corrected chi connectivity index (χ1v) is 7.32. The number of hydrogen-bond donors (Lipinski definition) is 1. The van der Waals surface area contributed by atoms with E-state index in [1.165, 1.54) is 0 Å². The zero-order chi connectivity index (χ0) is 14.5. The molecule has 0 atom stereocenters. The average molecular weight is 382 g/mol. The fraction of sp³-hybridized carbons (Fsp3) is 0.200. The molecule has 1 aromatic heterocycles. The smallest absolute Gasteiger partial charge is 0.255 e. The molecule has 1 amide bonds. The summed E-state index contributed by atoms with van der Waals surface area (Å²) in [5, 5.41) is 2.83. The van der Waals surface area contributed by atoms with Gasteiger partial charge in [0.05, 0.1) is 6.10 Å². The van der Waals surface area contributed by atoms with E-state index in [2.05, 4.69) is 32.9 Å². The zero-order valence-electron chi connectivity index (χ0n) is 11.3. The van der Waals surface area contributed by atoms with Crippen LogP contribution in [0.4, 0.5) is 5.69 Å². The summed E-state index contributed by atoms with van der Waals surface area (Å²) in [6, 6.07) is 10.9. The van der Waals surface area contributed by atoms with E-state index in [9.17, 15) is 4.79 Å². The van der Waals surface area contributed by atoms with Crippen molar-refractivity contribution in [2.24, 2.45) is 0 Å². The largest absolute Gasteiger partial charge is 0.473 e. The van der Waals surface area contributed by atoms with Crippen LogP contribution in [0.2, 0.25) is 0 Å². The minimum Gasteiger partial charge on any atom is -0.473 e. The molecule has 0 radical (unpaired) electrons. The molecule has 1 aromatic carbocycles. The summed E-state index contributed by atoms with van der Waals surface area (Å²) in [4.78, 5) is 16.4. The number of nitrogens with zero attached hydrogens (tertiary/aromatic N) is 1. The zero-order valence-corrected chi connectivity index (χ0v) is 13.4. The van der Waals surface area contributed by atoms with E-state index in [4.69, 9.17) is 4.74 Å². The van der Waals surface area contributed by atoms with Gasteiger partial charge in [-0.2, -0.15) is 0 Å². The Hall–Kier alpha value is -1.63. The lowest BCUT2D eigenvalue weighted by molar-refractivity contribution is 0.102. The van der Waals surface area contributed by atoms with Gasteiger partial charge in [0, 0.05) is 15.3 Å². The molecule has 0 fully saturated rings. The molecular formula is C15H15IN2O2. The van der Waals surface area contributed by atoms with Gasteiger partial charge in [-0.3, -0.25) is 4.79 Å². The number of ether oxygens (including phenoxy) is 1. The Balaban J connectivity index is 2.19. The first kappa shape index (κ1) is 14.8. The standard InChI is InChI=1S/C15H15IN2O2/c1-10(2)20-15-13(7-4-8-17-15)18-14(19)11-5-3-6-12(16)9-11/h3-10H,1-2H3,(H,18,19). The number of amides is 1. The number of carbonyl (C=O) groups is 1. The lowest BCUT2D eigenvalue weighted by Gasteiger charge is -2.13. The first-order chi connectivity index (χ1) is 9.56. The Morgan fingerprint density at radius 3 is 2.80 bits per heavy atom. The minimum atomic E-state index is -0.176. The van der Waals surface area contributed by atoms with Gasteiger partial charge in [0.25, 0.3) is 5.91 Å². The van der Waals surface area contributed by atoms with E-state index in [0.717, 1.165) is 3.57 Å². The Labute approximate surface area is 131 Å². The maximum Gasteiger partial charge on any atom is 0.255 e. The van der Waals surface area contributed by atoms with E-state index >= 15 is 0 Å². The van der Waals surface area contributed by atoms with Crippen LogP contribution in [0.3, 0.4) is 0 Å². The van der Waals surface area contributed by atoms with Gasteiger partial charge in [-0.1, -0.05) is 6.07 Å². The molecule has 0 unspecified atom stereocenters. The number of hydrogen-bond acceptors (Lipinski definition) is 3. The third-order valence-electron chi connectivity index (χ3n) is 2.45. The molecule has 0 aliphatic carbocycles. The van der Waals surface area contributed by atoms with Gasteiger partial charge in [-0.05, 0) is 66.8 Å². The number of pyridine rings is 1. The number of benzene rings is 1. The monoisotopic (exact) mass is 382 g/mol. The normalized spacial score (nSPS) is 10.4. The third kappa shape index (κ3) is 3.93. The van der Waals surface area contributed by atoms with Gasteiger partial charge >= 0.3 is 0 Å². The van der Waals surface area contributed by atoms with E-state index in [-0.39, 0.29) is 12.0 Å². The maximum absolute atomic E-state index is 12.2. The molecule has 5 heteroatoms. The van der Waals surface area contributed by atoms with Gasteiger partial charge in [-0.25, -0.2) is 4.98 Å². The van der Waals surface area contributed by atoms with Crippen molar-refractivity contribution >= 4 is 34.2 Å². The van der Waals surface area contributed by atoms with Gasteiger partial charge in [-0.15, -0.1) is 0 Å². The highest BCUT2D eigenvalue weighted by molar-refractivity contribution is 14.1. The van der Waals surface area contributed by atoms with Gasteiger partial charge in [0.15, 0.2) is 0 Å². The van der Waals surface area contributed by atoms with Crippen LogP contribution < -0.4 is 10.1 Å². The predicted molar refractivity (Wildman–Crippen MR) is 87.1 cm³/mol. The summed E-state index contributed by atoms with van der Waals surface area (Å²) in [5.41, 5.74) is 1.18. The highest BCUT2D eigenvalue weighted by atomic mass is 127. The molecule has 0 bridgehead atoms. The highest BCUT2D eigenvalue weighted by Crippen LogP contribution is 2.22. The van der Waals surface area contributed by atoms with Crippen LogP contribution in [0.1, 0.15) is 24.2 Å². The van der Waals surface area contributed by atoms with Crippen LogP contribution in [-0.4, -0.2) is 17.0 Å². The molecule has 1 heterocycles. The van der Waals surface area contributed by atoms with Crippen LogP contribution in [0.25, 0.3) is 0 Å². The number of halogens is 1. The van der Waals surface area contributed by atoms with Gasteiger partial charge in [0.2, 0.25) is 5.88 Å². The molecule has 104 valence electrons. The minimum absolute atomic E-state index is 0.00164. The van der Waals surface area contributed by atoms with E-state index in [1.54, 1.807) is 24.4 Å². The quantitative estimate of drug-likeness (QED) is 0.821. The molecule has 2 rings (SSSR count). The van der Waals surface area contributed by atoms with Crippen molar-refractivity contribution in [1.82, 2.24) is 4.98 Å². The number of carbonyl (C=O) groups excluding carboxylic acids is 1. The summed E-state index contributed by atoms with van der Waals surface area (Å²) in [6.07, 6.45) is 1.64. The van der Waals surface area contributed by atoms with Crippen LogP contribution in [-0.2, 0) is 0 Å². The Bertz CT molecular complexity index is 614. The molecule has 4 nitrogen and oxygen atoms in total. The Morgan fingerprint density at radius 1 is 1.30 bits per heavy atom. The molecule has 0 aliphatic heterocycles.